The molecule has 0 aromatic carbocycles. The van der Waals surface area contributed by atoms with Gasteiger partial charge in [-0.25, -0.2) is 0 Å². The van der Waals surface area contributed by atoms with Crippen LogP contribution in [0.4, 0.5) is 0 Å². The van der Waals surface area contributed by atoms with Gasteiger partial charge in [-0.1, -0.05) is 93.5 Å². The molecule has 0 heterocycles. The molecule has 2 aliphatic rings. The monoisotopic (exact) mass is 472 g/mol. The summed E-state index contributed by atoms with van der Waals surface area (Å²) in [7, 11) is 0. The quantitative estimate of drug-likeness (QED) is 0.313. The third kappa shape index (κ3) is 4.75. The fourth-order valence-electron chi connectivity index (χ4n) is 7.55. The third-order valence-corrected chi connectivity index (χ3v) is 11.0. The van der Waals surface area contributed by atoms with E-state index in [2.05, 4.69) is 94.9 Å². The fourth-order valence-corrected chi connectivity index (χ4v) is 7.55. The van der Waals surface area contributed by atoms with Gasteiger partial charge >= 0.3 is 0 Å². The second-order valence-corrected chi connectivity index (χ2v) is 13.5. The summed E-state index contributed by atoms with van der Waals surface area (Å²) in [6.45, 7) is 29.3. The number of rotatable bonds is 10. The Morgan fingerprint density at radius 1 is 1.21 bits per heavy atom. The van der Waals surface area contributed by atoms with Crippen LogP contribution >= 0.6 is 0 Å². The predicted octanol–water partition coefficient (Wildman–Crippen LogP) is 8.50. The SMILES string of the molecule is C=C(CCC[C@H]1[C@H](O)C[C@@]2(C)/C(=C/C)C(C(C)(C)[C@@H](C)C(C)(C)C(O)CC)=CC[C@]12C)C(C)C. The Bertz CT molecular complexity index is 798. The summed E-state index contributed by atoms with van der Waals surface area (Å²) in [5.41, 5.74) is 3.92. The first kappa shape index (κ1) is 29.4. The topological polar surface area (TPSA) is 40.5 Å². The largest absolute Gasteiger partial charge is 0.393 e. The van der Waals surface area contributed by atoms with Crippen molar-refractivity contribution >= 4 is 0 Å². The van der Waals surface area contributed by atoms with Crippen molar-refractivity contribution in [2.24, 2.45) is 39.4 Å². The van der Waals surface area contributed by atoms with Crippen LogP contribution in [0.3, 0.4) is 0 Å². The van der Waals surface area contributed by atoms with Crippen molar-refractivity contribution < 1.29 is 10.2 Å². The van der Waals surface area contributed by atoms with Gasteiger partial charge in [-0.05, 0) is 90.6 Å². The zero-order chi connectivity index (χ0) is 26.3. The third-order valence-electron chi connectivity index (χ3n) is 11.0. The van der Waals surface area contributed by atoms with Gasteiger partial charge in [0, 0.05) is 5.41 Å². The van der Waals surface area contributed by atoms with E-state index in [1.54, 1.807) is 0 Å². The van der Waals surface area contributed by atoms with Crippen LogP contribution in [0.5, 0.6) is 0 Å². The van der Waals surface area contributed by atoms with E-state index >= 15 is 0 Å². The summed E-state index contributed by atoms with van der Waals surface area (Å²) in [4.78, 5) is 0. The minimum atomic E-state index is -0.320. The first-order valence-electron chi connectivity index (χ1n) is 13.9. The molecule has 0 aromatic rings. The maximum atomic E-state index is 11.4. The normalized spacial score (nSPS) is 33.1. The fraction of sp³-hybridized carbons (Fsp3) is 0.812. The van der Waals surface area contributed by atoms with E-state index in [0.717, 1.165) is 38.5 Å². The Labute approximate surface area is 212 Å². The molecule has 2 aliphatic carbocycles. The highest BCUT2D eigenvalue weighted by atomic mass is 16.3. The highest BCUT2D eigenvalue weighted by Crippen LogP contribution is 2.68. The van der Waals surface area contributed by atoms with Crippen molar-refractivity contribution in [2.75, 3.05) is 0 Å². The lowest BCUT2D eigenvalue weighted by atomic mass is 9.50. The van der Waals surface area contributed by atoms with E-state index in [0.29, 0.717) is 17.8 Å². The van der Waals surface area contributed by atoms with E-state index in [9.17, 15) is 10.2 Å². The van der Waals surface area contributed by atoms with Gasteiger partial charge in [-0.2, -0.15) is 0 Å². The van der Waals surface area contributed by atoms with E-state index in [4.69, 9.17) is 0 Å². The molecule has 1 unspecified atom stereocenters. The van der Waals surface area contributed by atoms with Crippen molar-refractivity contribution in [1.29, 1.82) is 0 Å². The Morgan fingerprint density at radius 3 is 2.29 bits per heavy atom. The van der Waals surface area contributed by atoms with Crippen molar-refractivity contribution in [1.82, 2.24) is 0 Å². The smallest absolute Gasteiger partial charge is 0.0591 e. The molecule has 1 fully saturated rings. The summed E-state index contributed by atoms with van der Waals surface area (Å²) >= 11 is 0. The molecule has 0 saturated heterocycles. The second-order valence-electron chi connectivity index (χ2n) is 13.5. The van der Waals surface area contributed by atoms with Gasteiger partial charge in [0.1, 0.15) is 0 Å². The van der Waals surface area contributed by atoms with Crippen LogP contribution in [-0.4, -0.2) is 22.4 Å². The number of hydrogen-bond acceptors (Lipinski definition) is 2. The highest BCUT2D eigenvalue weighted by Gasteiger charge is 2.62. The van der Waals surface area contributed by atoms with E-state index in [1.165, 1.54) is 16.7 Å². The van der Waals surface area contributed by atoms with Crippen LogP contribution in [0.15, 0.2) is 35.5 Å². The number of hydrogen-bond donors (Lipinski definition) is 2. The summed E-state index contributed by atoms with van der Waals surface area (Å²) in [6.07, 6.45) is 10.1. The Kier molecular flexibility index (Phi) is 8.85. The maximum Gasteiger partial charge on any atom is 0.0591 e. The maximum absolute atomic E-state index is 11.4. The zero-order valence-corrected chi connectivity index (χ0v) is 24.4. The lowest BCUT2D eigenvalue weighted by Crippen LogP contribution is -2.47. The number of aliphatic hydroxyl groups is 2. The number of allylic oxidation sites excluding steroid dienone is 5. The van der Waals surface area contributed by atoms with E-state index < -0.39 is 0 Å². The Hall–Kier alpha value is -0.860. The van der Waals surface area contributed by atoms with Crippen molar-refractivity contribution in [3.63, 3.8) is 0 Å². The lowest BCUT2D eigenvalue weighted by Gasteiger charge is -2.54. The van der Waals surface area contributed by atoms with Gasteiger partial charge in [0.2, 0.25) is 0 Å². The van der Waals surface area contributed by atoms with Crippen molar-refractivity contribution in [2.45, 2.75) is 127 Å². The van der Waals surface area contributed by atoms with E-state index in [1.807, 2.05) is 0 Å². The summed E-state index contributed by atoms with van der Waals surface area (Å²) in [6, 6.07) is 0. The average molecular weight is 473 g/mol. The Morgan fingerprint density at radius 2 is 1.79 bits per heavy atom. The molecular weight excluding hydrogens is 416 g/mol. The van der Waals surface area contributed by atoms with Gasteiger partial charge < -0.3 is 10.2 Å². The summed E-state index contributed by atoms with van der Waals surface area (Å²) in [5, 5.41) is 22.2. The molecule has 0 spiro atoms. The standard InChI is InChI=1S/C32H56O2/c1-13-24-25(29(7,8)23(6)30(9,10)28(34)14-2)18-19-31(11)26(27(33)20-32(24,31)12)17-15-16-22(5)21(3)4/h13,18,21,23,26-28,33-34H,5,14-17,19-20H2,1-4,6-12H3/b24-13+/t23-,26+,27-,28?,31-,32+/m1/s1. The summed E-state index contributed by atoms with van der Waals surface area (Å²) in [5.74, 6) is 1.14. The van der Waals surface area contributed by atoms with Gasteiger partial charge in [-0.15, -0.1) is 0 Å². The van der Waals surface area contributed by atoms with Crippen LogP contribution in [0.1, 0.15) is 115 Å². The van der Waals surface area contributed by atoms with Crippen LogP contribution in [-0.2, 0) is 0 Å². The van der Waals surface area contributed by atoms with Crippen molar-refractivity contribution in [3.8, 4) is 0 Å². The minimum absolute atomic E-state index is 0.0462. The molecule has 0 amide bonds. The molecule has 2 rings (SSSR count). The van der Waals surface area contributed by atoms with Gasteiger partial charge in [-0.3, -0.25) is 0 Å². The van der Waals surface area contributed by atoms with Crippen LogP contribution in [0, 0.1) is 39.4 Å². The predicted molar refractivity (Wildman–Crippen MR) is 148 cm³/mol. The molecule has 0 aliphatic heterocycles. The van der Waals surface area contributed by atoms with Crippen LogP contribution in [0.2, 0.25) is 0 Å². The molecule has 2 N–H and O–H groups in total. The molecule has 0 bridgehead atoms. The molecule has 196 valence electrons. The molecular formula is C32H56O2. The van der Waals surface area contributed by atoms with Gasteiger partial charge in [0.05, 0.1) is 12.2 Å². The van der Waals surface area contributed by atoms with E-state index in [-0.39, 0.29) is 33.9 Å². The summed E-state index contributed by atoms with van der Waals surface area (Å²) < 4.78 is 0. The van der Waals surface area contributed by atoms with Crippen molar-refractivity contribution in [3.05, 3.63) is 35.5 Å². The van der Waals surface area contributed by atoms with Crippen LogP contribution < -0.4 is 0 Å². The average Bonchev–Trinajstić information content (AvgIpc) is 2.96. The Balaban J connectivity index is 2.41. The first-order valence-corrected chi connectivity index (χ1v) is 13.9. The van der Waals surface area contributed by atoms with Crippen LogP contribution in [0.25, 0.3) is 0 Å². The number of aliphatic hydroxyl groups excluding tert-OH is 2. The first-order chi connectivity index (χ1) is 15.5. The minimum Gasteiger partial charge on any atom is -0.393 e. The molecule has 1 saturated carbocycles. The lowest BCUT2D eigenvalue weighted by molar-refractivity contribution is -0.0253. The highest BCUT2D eigenvalue weighted by molar-refractivity contribution is 5.47. The number of fused-ring (bicyclic) bond motifs is 1. The van der Waals surface area contributed by atoms with Gasteiger partial charge in [0.15, 0.2) is 0 Å². The molecule has 2 nitrogen and oxygen atoms in total. The molecule has 34 heavy (non-hydrogen) atoms. The zero-order valence-electron chi connectivity index (χ0n) is 24.4. The molecule has 0 aromatic heterocycles. The molecule has 2 heteroatoms. The molecule has 0 radical (unpaired) electrons. The molecule has 6 atom stereocenters. The van der Waals surface area contributed by atoms with Gasteiger partial charge in [0.25, 0.3) is 0 Å². The second kappa shape index (κ2) is 10.3.